The summed E-state index contributed by atoms with van der Waals surface area (Å²) in [4.78, 5) is 31.9. The molecule has 0 atom stereocenters. The number of hydrogen-bond acceptors (Lipinski definition) is 6. The fraction of sp³-hybridized carbons (Fsp3) is 0.294. The summed E-state index contributed by atoms with van der Waals surface area (Å²) in [5.41, 5.74) is 5.50. The van der Waals surface area contributed by atoms with Crippen LogP contribution < -0.4 is 5.56 Å². The molecule has 0 aliphatic carbocycles. The number of nitrogens with one attached hydrogen (secondary N) is 1. The minimum atomic E-state index is -0.0274. The molecule has 122 valence electrons. The van der Waals surface area contributed by atoms with Gasteiger partial charge in [0.25, 0.3) is 5.56 Å². The third-order valence-electron chi connectivity index (χ3n) is 4.32. The molecule has 0 aromatic carbocycles. The molecule has 0 saturated heterocycles. The number of hydrogen-bond donors (Lipinski definition) is 1. The maximum absolute atomic E-state index is 12.4. The molecule has 3 aromatic rings. The van der Waals surface area contributed by atoms with E-state index in [0.717, 1.165) is 42.0 Å². The van der Waals surface area contributed by atoms with E-state index in [1.807, 2.05) is 24.6 Å². The van der Waals surface area contributed by atoms with Crippen LogP contribution in [0, 0.1) is 6.92 Å². The summed E-state index contributed by atoms with van der Waals surface area (Å²) in [6.45, 7) is 4.45. The maximum Gasteiger partial charge on any atom is 0.254 e. The summed E-state index contributed by atoms with van der Waals surface area (Å²) in [7, 11) is 0. The van der Waals surface area contributed by atoms with Crippen LogP contribution in [0.4, 0.5) is 0 Å². The van der Waals surface area contributed by atoms with Gasteiger partial charge in [-0.25, -0.2) is 9.97 Å². The fourth-order valence-electron chi connectivity index (χ4n) is 2.96. The molecule has 4 rings (SSSR count). The van der Waals surface area contributed by atoms with Crippen LogP contribution >= 0.6 is 11.3 Å². The highest BCUT2D eigenvalue weighted by Crippen LogP contribution is 2.21. The van der Waals surface area contributed by atoms with Crippen LogP contribution in [0.15, 0.2) is 34.8 Å². The lowest BCUT2D eigenvalue weighted by Crippen LogP contribution is -2.35. The summed E-state index contributed by atoms with van der Waals surface area (Å²) < 4.78 is 0. The van der Waals surface area contributed by atoms with Crippen molar-refractivity contribution in [1.29, 1.82) is 0 Å². The van der Waals surface area contributed by atoms with Crippen LogP contribution in [0.1, 0.15) is 21.8 Å². The molecule has 6 nitrogen and oxygen atoms in total. The van der Waals surface area contributed by atoms with E-state index < -0.39 is 0 Å². The summed E-state index contributed by atoms with van der Waals surface area (Å²) in [5, 5.41) is 0. The Labute approximate surface area is 143 Å². The number of pyridine rings is 1. The van der Waals surface area contributed by atoms with E-state index in [0.29, 0.717) is 12.4 Å². The van der Waals surface area contributed by atoms with E-state index in [9.17, 15) is 4.79 Å². The Bertz CT molecular complexity index is 918. The topological polar surface area (TPSA) is 74.8 Å². The van der Waals surface area contributed by atoms with E-state index in [4.69, 9.17) is 4.98 Å². The lowest BCUT2D eigenvalue weighted by atomic mass is 10.1. The highest BCUT2D eigenvalue weighted by Gasteiger charge is 2.22. The molecule has 24 heavy (non-hydrogen) atoms. The van der Waals surface area contributed by atoms with Gasteiger partial charge in [0.15, 0.2) is 0 Å². The number of fused-ring (bicyclic) bond motifs is 1. The van der Waals surface area contributed by atoms with Gasteiger partial charge in [0.2, 0.25) is 0 Å². The number of nitrogens with zero attached hydrogens (tertiary/aromatic N) is 4. The lowest BCUT2D eigenvalue weighted by Gasteiger charge is -2.27. The number of aryl methyl sites for hydroxylation is 1. The Morgan fingerprint density at radius 2 is 2.17 bits per heavy atom. The highest BCUT2D eigenvalue weighted by molar-refractivity contribution is 7.09. The van der Waals surface area contributed by atoms with E-state index in [1.165, 1.54) is 4.88 Å². The third-order valence-corrected chi connectivity index (χ3v) is 5.24. The van der Waals surface area contributed by atoms with Gasteiger partial charge in [-0.1, -0.05) is 0 Å². The first-order valence-electron chi connectivity index (χ1n) is 7.84. The molecular formula is C17H17N5OS. The van der Waals surface area contributed by atoms with Crippen molar-refractivity contribution in [3.63, 3.8) is 0 Å². The molecule has 0 spiro atoms. The van der Waals surface area contributed by atoms with Crippen molar-refractivity contribution < 1.29 is 0 Å². The molecule has 3 aromatic heterocycles. The predicted octanol–water partition coefficient (Wildman–Crippen LogP) is 2.16. The lowest BCUT2D eigenvalue weighted by molar-refractivity contribution is 0.242. The zero-order chi connectivity index (χ0) is 16.5. The molecule has 0 amide bonds. The molecule has 0 fully saturated rings. The van der Waals surface area contributed by atoms with Crippen molar-refractivity contribution in [2.24, 2.45) is 0 Å². The number of aromatic nitrogens is 4. The zero-order valence-corrected chi connectivity index (χ0v) is 14.1. The second-order valence-corrected chi connectivity index (χ2v) is 6.84. The minimum Gasteiger partial charge on any atom is -0.306 e. The second kappa shape index (κ2) is 6.26. The molecule has 1 aliphatic rings. The normalized spacial score (nSPS) is 14.5. The van der Waals surface area contributed by atoms with Gasteiger partial charge in [0, 0.05) is 48.0 Å². The summed E-state index contributed by atoms with van der Waals surface area (Å²) in [6, 6.07) is 3.71. The Hall–Kier alpha value is -2.38. The maximum atomic E-state index is 12.4. The molecule has 4 heterocycles. The van der Waals surface area contributed by atoms with Crippen LogP contribution in [0.2, 0.25) is 0 Å². The predicted molar refractivity (Wildman–Crippen MR) is 92.8 cm³/mol. The molecule has 1 aliphatic heterocycles. The summed E-state index contributed by atoms with van der Waals surface area (Å²) in [6.07, 6.45) is 4.13. The Kier molecular flexibility index (Phi) is 3.95. The van der Waals surface area contributed by atoms with E-state index in [-0.39, 0.29) is 5.56 Å². The Morgan fingerprint density at radius 3 is 2.92 bits per heavy atom. The molecule has 0 unspecified atom stereocenters. The van der Waals surface area contributed by atoms with Crippen molar-refractivity contribution in [3.8, 4) is 11.4 Å². The fourth-order valence-corrected chi connectivity index (χ4v) is 3.77. The molecule has 1 N–H and O–H groups in total. The molecule has 0 bridgehead atoms. The van der Waals surface area contributed by atoms with Gasteiger partial charge >= 0.3 is 0 Å². The average molecular weight is 339 g/mol. The third kappa shape index (κ3) is 2.88. The van der Waals surface area contributed by atoms with Crippen LogP contribution in [-0.4, -0.2) is 31.4 Å². The van der Waals surface area contributed by atoms with Crippen LogP contribution in [0.3, 0.4) is 0 Å². The Morgan fingerprint density at radius 1 is 1.33 bits per heavy atom. The van der Waals surface area contributed by atoms with Crippen molar-refractivity contribution in [2.45, 2.75) is 26.4 Å². The van der Waals surface area contributed by atoms with Crippen molar-refractivity contribution in [3.05, 3.63) is 62.2 Å². The SMILES string of the molecule is Cc1ncsc1CN1CCc2c(nc(-c3ccncc3)[nH]c2=O)C1. The first kappa shape index (κ1) is 15.2. The summed E-state index contributed by atoms with van der Waals surface area (Å²) in [5.74, 6) is 0.608. The van der Waals surface area contributed by atoms with Crippen molar-refractivity contribution in [1.82, 2.24) is 24.8 Å². The number of aromatic amines is 1. The van der Waals surface area contributed by atoms with Gasteiger partial charge in [-0.2, -0.15) is 0 Å². The van der Waals surface area contributed by atoms with Gasteiger partial charge in [-0.3, -0.25) is 14.7 Å². The molecule has 7 heteroatoms. The largest absolute Gasteiger partial charge is 0.306 e. The molecule has 0 radical (unpaired) electrons. The van der Waals surface area contributed by atoms with Gasteiger partial charge in [0.05, 0.1) is 16.9 Å². The standard InChI is InChI=1S/C17H17N5OS/c1-11-15(24-10-19-11)9-22-7-4-13-14(8-22)20-16(21-17(13)23)12-2-5-18-6-3-12/h2-3,5-6,10H,4,7-9H2,1H3,(H,20,21,23). The second-order valence-electron chi connectivity index (χ2n) is 5.90. The van der Waals surface area contributed by atoms with Crippen LogP contribution in [0.25, 0.3) is 11.4 Å². The first-order chi connectivity index (χ1) is 11.7. The van der Waals surface area contributed by atoms with Crippen molar-refractivity contribution in [2.75, 3.05) is 6.54 Å². The van der Waals surface area contributed by atoms with Gasteiger partial charge in [-0.15, -0.1) is 11.3 Å². The Balaban J connectivity index is 1.64. The van der Waals surface area contributed by atoms with Gasteiger partial charge in [-0.05, 0) is 25.5 Å². The smallest absolute Gasteiger partial charge is 0.254 e. The number of H-pyrrole nitrogens is 1. The number of thiazole rings is 1. The van der Waals surface area contributed by atoms with Crippen LogP contribution in [0.5, 0.6) is 0 Å². The quantitative estimate of drug-likeness (QED) is 0.791. The highest BCUT2D eigenvalue weighted by atomic mass is 32.1. The average Bonchev–Trinajstić information content (AvgIpc) is 3.00. The summed E-state index contributed by atoms with van der Waals surface area (Å²) >= 11 is 1.68. The van der Waals surface area contributed by atoms with E-state index in [1.54, 1.807) is 23.7 Å². The molecular weight excluding hydrogens is 322 g/mol. The zero-order valence-electron chi connectivity index (χ0n) is 13.3. The van der Waals surface area contributed by atoms with Crippen LogP contribution in [-0.2, 0) is 19.5 Å². The van der Waals surface area contributed by atoms with Gasteiger partial charge in [0.1, 0.15) is 5.82 Å². The van der Waals surface area contributed by atoms with Gasteiger partial charge < -0.3 is 4.98 Å². The number of rotatable bonds is 3. The first-order valence-corrected chi connectivity index (χ1v) is 8.72. The van der Waals surface area contributed by atoms with Crippen molar-refractivity contribution >= 4 is 11.3 Å². The minimum absolute atomic E-state index is 0.0274. The van der Waals surface area contributed by atoms with E-state index in [2.05, 4.69) is 19.9 Å². The molecule has 0 saturated carbocycles. The monoisotopic (exact) mass is 339 g/mol. The van der Waals surface area contributed by atoms with E-state index >= 15 is 0 Å².